The molecule has 3 heterocycles. The Morgan fingerprint density at radius 2 is 0.857 bits per heavy atom. The lowest BCUT2D eigenvalue weighted by Gasteiger charge is -2.12. The highest BCUT2D eigenvalue weighted by Crippen LogP contribution is 2.38. The van der Waals surface area contributed by atoms with Crippen LogP contribution in [0.1, 0.15) is 0 Å². The van der Waals surface area contributed by atoms with E-state index < -0.39 is 0 Å². The molecule has 3 aromatic heterocycles. The van der Waals surface area contributed by atoms with E-state index in [4.69, 9.17) is 15.0 Å². The summed E-state index contributed by atoms with van der Waals surface area (Å²) in [6.45, 7) is 0. The van der Waals surface area contributed by atoms with Crippen LogP contribution in [-0.4, -0.2) is 24.1 Å². The minimum atomic E-state index is 0.636. The first-order valence-corrected chi connectivity index (χ1v) is 18.9. The van der Waals surface area contributed by atoms with E-state index in [0.29, 0.717) is 17.5 Å². The minimum Gasteiger partial charge on any atom is -0.317 e. The van der Waals surface area contributed by atoms with Crippen molar-refractivity contribution in [2.45, 2.75) is 0 Å². The summed E-state index contributed by atoms with van der Waals surface area (Å²) in [5, 5.41) is 6.17. The van der Waals surface area contributed by atoms with Gasteiger partial charge in [-0.2, -0.15) is 0 Å². The van der Waals surface area contributed by atoms with Crippen molar-refractivity contribution in [2.24, 2.45) is 0 Å². The molecule has 56 heavy (non-hydrogen) atoms. The van der Waals surface area contributed by atoms with Crippen molar-refractivity contribution < 1.29 is 0 Å². The zero-order valence-electron chi connectivity index (χ0n) is 30.3. The van der Waals surface area contributed by atoms with E-state index in [9.17, 15) is 0 Å². The van der Waals surface area contributed by atoms with E-state index in [-0.39, 0.29) is 0 Å². The van der Waals surface area contributed by atoms with Crippen LogP contribution in [0.15, 0.2) is 200 Å². The number of aromatic nitrogens is 5. The fourth-order valence-electron chi connectivity index (χ4n) is 8.11. The number of benzene rings is 8. The number of fused-ring (bicyclic) bond motifs is 6. The first-order valence-electron chi connectivity index (χ1n) is 18.9. The molecule has 0 radical (unpaired) electrons. The Balaban J connectivity index is 1.05. The summed E-state index contributed by atoms with van der Waals surface area (Å²) in [7, 11) is 0. The Bertz CT molecular complexity index is 3180. The van der Waals surface area contributed by atoms with Crippen LogP contribution in [-0.2, 0) is 0 Å². The highest BCUT2D eigenvalue weighted by molar-refractivity contribution is 6.18. The highest BCUT2D eigenvalue weighted by Gasteiger charge is 2.17. The number of rotatable bonds is 6. The lowest BCUT2D eigenvalue weighted by molar-refractivity contribution is 1.07. The minimum absolute atomic E-state index is 0.636. The van der Waals surface area contributed by atoms with E-state index in [0.717, 1.165) is 39.2 Å². The monoisotopic (exact) mass is 715 g/mol. The van der Waals surface area contributed by atoms with Crippen molar-refractivity contribution in [1.82, 2.24) is 24.1 Å². The highest BCUT2D eigenvalue weighted by atomic mass is 15.0. The maximum atomic E-state index is 5.00. The van der Waals surface area contributed by atoms with Crippen molar-refractivity contribution in [2.75, 3.05) is 0 Å². The Kier molecular flexibility index (Phi) is 7.42. The summed E-state index contributed by atoms with van der Waals surface area (Å²) < 4.78 is 4.68. The quantitative estimate of drug-likeness (QED) is 0.172. The van der Waals surface area contributed by atoms with Crippen molar-refractivity contribution in [3.8, 4) is 56.7 Å². The van der Waals surface area contributed by atoms with Crippen molar-refractivity contribution >= 4 is 43.5 Å². The van der Waals surface area contributed by atoms with Gasteiger partial charge in [0.15, 0.2) is 17.5 Å². The molecule has 0 spiro atoms. The van der Waals surface area contributed by atoms with Gasteiger partial charge >= 0.3 is 0 Å². The third kappa shape index (κ3) is 5.37. The van der Waals surface area contributed by atoms with Gasteiger partial charge in [0.25, 0.3) is 0 Å². The molecule has 0 bridgehead atoms. The molecule has 5 heteroatoms. The van der Waals surface area contributed by atoms with E-state index >= 15 is 0 Å². The van der Waals surface area contributed by atoms with Crippen LogP contribution in [0.3, 0.4) is 0 Å². The van der Waals surface area contributed by atoms with Gasteiger partial charge in [-0.05, 0) is 82.6 Å². The molecule has 0 aliphatic carbocycles. The lowest BCUT2D eigenvalue weighted by Crippen LogP contribution is -2.00. The molecule has 0 saturated carbocycles. The zero-order valence-corrected chi connectivity index (χ0v) is 30.3. The maximum absolute atomic E-state index is 5.00. The van der Waals surface area contributed by atoms with Gasteiger partial charge in [0.1, 0.15) is 0 Å². The summed E-state index contributed by atoms with van der Waals surface area (Å²) in [4.78, 5) is 14.9. The third-order valence-electron chi connectivity index (χ3n) is 10.8. The average Bonchev–Trinajstić information content (AvgIpc) is 3.86. The maximum Gasteiger partial charge on any atom is 0.164 e. The van der Waals surface area contributed by atoms with Gasteiger partial charge in [-0.3, -0.25) is 0 Å². The Morgan fingerprint density at radius 1 is 0.304 bits per heavy atom. The molecule has 0 saturated heterocycles. The molecule has 11 aromatic rings. The second kappa shape index (κ2) is 13.0. The van der Waals surface area contributed by atoms with Crippen molar-refractivity contribution in [1.29, 1.82) is 0 Å². The Labute approximate surface area is 323 Å². The molecule has 5 nitrogen and oxygen atoms in total. The van der Waals surface area contributed by atoms with Crippen molar-refractivity contribution in [3.63, 3.8) is 0 Å². The van der Waals surface area contributed by atoms with Gasteiger partial charge in [0.05, 0.1) is 16.6 Å². The molecule has 8 aromatic carbocycles. The second-order valence-corrected chi connectivity index (χ2v) is 14.1. The summed E-state index contributed by atoms with van der Waals surface area (Å²) in [6, 6.07) is 68.3. The summed E-state index contributed by atoms with van der Waals surface area (Å²) >= 11 is 0. The van der Waals surface area contributed by atoms with E-state index in [1.165, 1.54) is 43.5 Å². The second-order valence-electron chi connectivity index (χ2n) is 14.1. The van der Waals surface area contributed by atoms with E-state index in [2.05, 4.69) is 149 Å². The molecule has 0 fully saturated rings. The molecule has 11 rings (SSSR count). The molecule has 0 aliphatic heterocycles. The van der Waals surface area contributed by atoms with Gasteiger partial charge in [0, 0.05) is 50.4 Å². The third-order valence-corrected chi connectivity index (χ3v) is 10.8. The predicted molar refractivity (Wildman–Crippen MR) is 230 cm³/mol. The normalized spacial score (nSPS) is 11.6. The standard InChI is InChI=1S/C51H33N5/c1-4-14-34(15-5-1)49-52-50(35-16-6-2-7-17-35)54-51(53-49)39-20-12-18-36(30-39)37-19-13-23-41(31-37)56-47-25-11-10-24-42(47)45-32-38-26-27-46-43(44(38)33-48(45)56)28-29-55(46)40-21-8-3-9-22-40/h1-33H. The van der Waals surface area contributed by atoms with E-state index in [1.54, 1.807) is 0 Å². The topological polar surface area (TPSA) is 48.5 Å². The smallest absolute Gasteiger partial charge is 0.164 e. The number of para-hydroxylation sites is 2. The predicted octanol–water partition coefficient (Wildman–Crippen LogP) is 12.7. The summed E-state index contributed by atoms with van der Waals surface area (Å²) in [5.41, 5.74) is 10.8. The molecular formula is C51H33N5. The fraction of sp³-hybridized carbons (Fsp3) is 0. The molecule has 0 aliphatic rings. The Hall–Kier alpha value is -7.63. The van der Waals surface area contributed by atoms with Gasteiger partial charge < -0.3 is 9.13 Å². The number of hydrogen-bond donors (Lipinski definition) is 0. The molecule has 0 amide bonds. The summed E-state index contributed by atoms with van der Waals surface area (Å²) in [5.74, 6) is 1.93. The summed E-state index contributed by atoms with van der Waals surface area (Å²) in [6.07, 6.45) is 2.18. The number of hydrogen-bond acceptors (Lipinski definition) is 3. The first kappa shape index (κ1) is 31.9. The molecular weight excluding hydrogens is 683 g/mol. The Morgan fingerprint density at radius 3 is 1.59 bits per heavy atom. The molecule has 262 valence electrons. The molecule has 0 atom stereocenters. The van der Waals surface area contributed by atoms with Crippen LogP contribution in [0.5, 0.6) is 0 Å². The number of nitrogens with zero attached hydrogens (tertiary/aromatic N) is 5. The molecule has 0 unspecified atom stereocenters. The van der Waals surface area contributed by atoms with Crippen LogP contribution in [0.25, 0.3) is 100 Å². The zero-order chi connectivity index (χ0) is 37.0. The van der Waals surface area contributed by atoms with Crippen LogP contribution in [0.4, 0.5) is 0 Å². The van der Waals surface area contributed by atoms with Crippen LogP contribution in [0, 0.1) is 0 Å². The van der Waals surface area contributed by atoms with Crippen molar-refractivity contribution in [3.05, 3.63) is 200 Å². The fourth-order valence-corrected chi connectivity index (χ4v) is 8.11. The van der Waals surface area contributed by atoms with Crippen LogP contribution >= 0.6 is 0 Å². The van der Waals surface area contributed by atoms with Gasteiger partial charge in [0.2, 0.25) is 0 Å². The SMILES string of the molecule is c1ccc(-c2nc(-c3ccccc3)nc(-c3cccc(-c4cccc(-n5c6ccccc6c6cc7ccc8c(ccn8-c8ccccc8)c7cc65)c4)c3)n2)cc1. The lowest BCUT2D eigenvalue weighted by atomic mass is 10.0. The van der Waals surface area contributed by atoms with Crippen LogP contribution < -0.4 is 0 Å². The first-order chi connectivity index (χ1) is 27.7. The largest absolute Gasteiger partial charge is 0.317 e. The van der Waals surface area contributed by atoms with Gasteiger partial charge in [-0.15, -0.1) is 0 Å². The van der Waals surface area contributed by atoms with E-state index in [1.807, 2.05) is 60.7 Å². The molecule has 0 N–H and O–H groups in total. The van der Waals surface area contributed by atoms with Gasteiger partial charge in [-0.25, -0.2) is 15.0 Å². The van der Waals surface area contributed by atoms with Crippen LogP contribution in [0.2, 0.25) is 0 Å². The van der Waals surface area contributed by atoms with Gasteiger partial charge in [-0.1, -0.05) is 133 Å². The average molecular weight is 716 g/mol.